The first kappa shape index (κ1) is 39.8. The van der Waals surface area contributed by atoms with Gasteiger partial charge in [-0.3, -0.25) is 0 Å². The van der Waals surface area contributed by atoms with Crippen molar-refractivity contribution in [1.82, 2.24) is 14.5 Å². The predicted octanol–water partition coefficient (Wildman–Crippen LogP) is 16.2. The fourth-order valence-corrected chi connectivity index (χ4v) is 8.82. The van der Waals surface area contributed by atoms with Gasteiger partial charge in [0.25, 0.3) is 0 Å². The van der Waals surface area contributed by atoms with E-state index in [2.05, 4.69) is 240 Å². The lowest BCUT2D eigenvalue weighted by atomic mass is 9.85. The zero-order chi connectivity index (χ0) is 43.3. The summed E-state index contributed by atoms with van der Waals surface area (Å²) >= 11 is 0. The van der Waals surface area contributed by atoms with E-state index in [1.54, 1.807) is 0 Å². The van der Waals surface area contributed by atoms with Crippen LogP contribution in [-0.4, -0.2) is 14.5 Å². The molecule has 0 fully saturated rings. The summed E-state index contributed by atoms with van der Waals surface area (Å²) in [5.74, 6) is 0.672. The fourth-order valence-electron chi connectivity index (χ4n) is 8.82. The van der Waals surface area contributed by atoms with E-state index in [0.717, 1.165) is 56.0 Å². The topological polar surface area (TPSA) is 30.7 Å². The molecule has 0 saturated heterocycles. The molecule has 10 aromatic rings. The first-order valence-electron chi connectivity index (χ1n) is 22.0. The highest BCUT2D eigenvalue weighted by Crippen LogP contribution is 2.45. The van der Waals surface area contributed by atoms with E-state index in [1.165, 1.54) is 44.1 Å². The summed E-state index contributed by atoms with van der Waals surface area (Å²) in [7, 11) is 0. The molecule has 3 heteroatoms. The quantitative estimate of drug-likeness (QED) is 0.160. The lowest BCUT2D eigenvalue weighted by Gasteiger charge is -2.22. The van der Waals surface area contributed by atoms with E-state index in [-0.39, 0.29) is 10.8 Å². The van der Waals surface area contributed by atoms with E-state index in [9.17, 15) is 0 Å². The van der Waals surface area contributed by atoms with E-state index < -0.39 is 0 Å². The minimum absolute atomic E-state index is 0.00658. The monoisotopic (exact) mass is 813 g/mol. The van der Waals surface area contributed by atoms with Gasteiger partial charge in [0.05, 0.1) is 28.1 Å². The molecule has 10 rings (SSSR count). The zero-order valence-electron chi connectivity index (χ0n) is 36.9. The molecule has 0 aliphatic carbocycles. The Morgan fingerprint density at radius 1 is 0.333 bits per heavy atom. The molecule has 63 heavy (non-hydrogen) atoms. The smallest absolute Gasteiger partial charge is 0.160 e. The van der Waals surface area contributed by atoms with Crippen molar-refractivity contribution in [2.45, 2.75) is 52.4 Å². The maximum atomic E-state index is 5.41. The SMILES string of the molecule is CC(C)(C)c1ccc2c(c1)c1cc(C(C)(C)C)ccc1n2-c1c(-c2ccccc2)cc(-c2nc(-c3ccccc3)cc(-c3ccc(-c4ccccc4)cc3)n2)cc1-c1ccccc1. The molecule has 0 saturated carbocycles. The van der Waals surface area contributed by atoms with Crippen molar-refractivity contribution in [3.05, 3.63) is 211 Å². The van der Waals surface area contributed by atoms with Crippen molar-refractivity contribution in [2.24, 2.45) is 0 Å². The average molecular weight is 814 g/mol. The van der Waals surface area contributed by atoms with Gasteiger partial charge in [-0.15, -0.1) is 0 Å². The van der Waals surface area contributed by atoms with Crippen LogP contribution in [0.15, 0.2) is 200 Å². The van der Waals surface area contributed by atoms with Gasteiger partial charge in [-0.05, 0) is 86.7 Å². The first-order valence-corrected chi connectivity index (χ1v) is 22.0. The normalized spacial score (nSPS) is 12.0. The van der Waals surface area contributed by atoms with Crippen molar-refractivity contribution < 1.29 is 0 Å². The summed E-state index contributed by atoms with van der Waals surface area (Å²) in [6.07, 6.45) is 0. The van der Waals surface area contributed by atoms with Gasteiger partial charge in [0.15, 0.2) is 5.82 Å². The van der Waals surface area contributed by atoms with Crippen molar-refractivity contribution >= 4 is 21.8 Å². The number of rotatable bonds is 7. The summed E-state index contributed by atoms with van der Waals surface area (Å²) in [4.78, 5) is 10.8. The van der Waals surface area contributed by atoms with Gasteiger partial charge in [-0.1, -0.05) is 199 Å². The molecule has 3 nitrogen and oxygen atoms in total. The maximum absolute atomic E-state index is 5.41. The molecule has 0 aliphatic rings. The van der Waals surface area contributed by atoms with Crippen LogP contribution in [0, 0.1) is 0 Å². The molecule has 0 aliphatic heterocycles. The first-order chi connectivity index (χ1) is 30.5. The van der Waals surface area contributed by atoms with Crippen LogP contribution < -0.4 is 0 Å². The Kier molecular flexibility index (Phi) is 9.99. The number of aromatic nitrogens is 3. The zero-order valence-corrected chi connectivity index (χ0v) is 36.9. The molecular formula is C60H51N3. The Bertz CT molecular complexity index is 3110. The molecule has 0 spiro atoms. The molecular weight excluding hydrogens is 763 g/mol. The predicted molar refractivity (Wildman–Crippen MR) is 266 cm³/mol. The Hall–Kier alpha value is -7.36. The van der Waals surface area contributed by atoms with Gasteiger partial charge in [-0.25, -0.2) is 9.97 Å². The molecule has 306 valence electrons. The van der Waals surface area contributed by atoms with Gasteiger partial charge >= 0.3 is 0 Å². The molecule has 0 bridgehead atoms. The third-order valence-corrected chi connectivity index (χ3v) is 12.3. The minimum Gasteiger partial charge on any atom is -0.308 e. The van der Waals surface area contributed by atoms with Crippen LogP contribution in [0.4, 0.5) is 0 Å². The molecule has 0 unspecified atom stereocenters. The lowest BCUT2D eigenvalue weighted by molar-refractivity contribution is 0.590. The molecule has 2 heterocycles. The van der Waals surface area contributed by atoms with Gasteiger partial charge < -0.3 is 4.57 Å². The van der Waals surface area contributed by atoms with Gasteiger partial charge in [-0.2, -0.15) is 0 Å². The summed E-state index contributed by atoms with van der Waals surface area (Å²) in [5, 5.41) is 2.51. The number of hydrogen-bond donors (Lipinski definition) is 0. The van der Waals surface area contributed by atoms with E-state index >= 15 is 0 Å². The van der Waals surface area contributed by atoms with E-state index in [0.29, 0.717) is 5.82 Å². The number of hydrogen-bond acceptors (Lipinski definition) is 2. The molecule has 0 N–H and O–H groups in total. The van der Waals surface area contributed by atoms with Crippen molar-refractivity contribution in [3.8, 4) is 73.0 Å². The largest absolute Gasteiger partial charge is 0.308 e. The Labute approximate surface area is 371 Å². The second kappa shape index (κ2) is 15.8. The minimum atomic E-state index is -0.00658. The Balaban J connectivity index is 1.27. The summed E-state index contributed by atoms with van der Waals surface area (Å²) in [5.41, 5.74) is 17.7. The van der Waals surface area contributed by atoms with E-state index in [1.807, 2.05) is 6.07 Å². The van der Waals surface area contributed by atoms with Crippen LogP contribution in [0.1, 0.15) is 52.7 Å². The standard InChI is InChI=1S/C60H51N3/c1-59(2,3)47-31-33-55-51(37-47)52-38-48(60(4,5)6)32-34-56(52)63(55)57-49(42-21-13-8-14-22-42)35-46(36-50(57)43-23-15-9-16-24-43)58-61-53(44-25-17-10-18-26-44)39-54(62-58)45-29-27-41(28-30-45)40-19-11-7-12-20-40/h7-39H,1-6H3. The summed E-state index contributed by atoms with van der Waals surface area (Å²) in [6, 6.07) is 72.2. The molecule has 0 radical (unpaired) electrons. The van der Waals surface area contributed by atoms with Crippen molar-refractivity contribution in [1.29, 1.82) is 0 Å². The van der Waals surface area contributed by atoms with E-state index in [4.69, 9.17) is 9.97 Å². The molecule has 0 amide bonds. The van der Waals surface area contributed by atoms with Crippen LogP contribution in [0.5, 0.6) is 0 Å². The third kappa shape index (κ3) is 7.65. The number of fused-ring (bicyclic) bond motifs is 3. The van der Waals surface area contributed by atoms with Crippen LogP contribution >= 0.6 is 0 Å². The van der Waals surface area contributed by atoms with Gasteiger partial charge in [0, 0.05) is 38.6 Å². The number of nitrogens with zero attached hydrogens (tertiary/aromatic N) is 3. The third-order valence-electron chi connectivity index (χ3n) is 12.3. The Morgan fingerprint density at radius 3 is 1.13 bits per heavy atom. The van der Waals surface area contributed by atoms with Crippen LogP contribution in [-0.2, 0) is 10.8 Å². The van der Waals surface area contributed by atoms with Gasteiger partial charge in [0.2, 0.25) is 0 Å². The van der Waals surface area contributed by atoms with Crippen molar-refractivity contribution in [3.63, 3.8) is 0 Å². The van der Waals surface area contributed by atoms with Gasteiger partial charge in [0.1, 0.15) is 0 Å². The molecule has 2 aromatic heterocycles. The summed E-state index contributed by atoms with van der Waals surface area (Å²) in [6.45, 7) is 13.8. The maximum Gasteiger partial charge on any atom is 0.160 e. The average Bonchev–Trinajstić information content (AvgIpc) is 3.64. The second-order valence-corrected chi connectivity index (χ2v) is 18.7. The molecule has 8 aromatic carbocycles. The lowest BCUT2D eigenvalue weighted by Crippen LogP contribution is -2.10. The highest BCUT2D eigenvalue weighted by Gasteiger charge is 2.25. The highest BCUT2D eigenvalue weighted by atomic mass is 15.0. The fraction of sp³-hybridized carbons (Fsp3) is 0.133. The summed E-state index contributed by atoms with van der Waals surface area (Å²) < 4.78 is 2.51. The second-order valence-electron chi connectivity index (χ2n) is 18.7. The van der Waals surface area contributed by atoms with Crippen LogP contribution in [0.3, 0.4) is 0 Å². The van der Waals surface area contributed by atoms with Crippen LogP contribution in [0.25, 0.3) is 94.8 Å². The molecule has 0 atom stereocenters. The highest BCUT2D eigenvalue weighted by molar-refractivity contribution is 6.11. The van der Waals surface area contributed by atoms with Crippen LogP contribution in [0.2, 0.25) is 0 Å². The van der Waals surface area contributed by atoms with Crippen molar-refractivity contribution in [2.75, 3.05) is 0 Å². The number of benzene rings is 8. The Morgan fingerprint density at radius 2 is 0.698 bits per heavy atom.